The second kappa shape index (κ2) is 17.3. The van der Waals surface area contributed by atoms with E-state index in [1.165, 1.54) is 12.1 Å². The SMILES string of the molecule is CCN1CCOc2ccccc2C(=O)N[C@H](C(=O)N[C@H](C)COc2c(F)cccc2Oc2ccc(C)cc2)CC(=O)N[C@H](CC(C)C)C1=O. The van der Waals surface area contributed by atoms with Gasteiger partial charge in [-0.15, -0.1) is 0 Å². The first-order valence-electron chi connectivity index (χ1n) is 16.5. The monoisotopic (exact) mass is 676 g/mol. The van der Waals surface area contributed by atoms with Crippen LogP contribution in [0.4, 0.5) is 4.39 Å². The molecule has 0 radical (unpaired) electrons. The number of hydrogen-bond acceptors (Lipinski definition) is 7. The summed E-state index contributed by atoms with van der Waals surface area (Å²) in [5.74, 6) is -1.88. The minimum atomic E-state index is -1.32. The molecule has 0 aromatic heterocycles. The summed E-state index contributed by atoms with van der Waals surface area (Å²) in [6, 6.07) is 15.3. The van der Waals surface area contributed by atoms with Gasteiger partial charge in [0, 0.05) is 6.54 Å². The number of amides is 4. The Morgan fingerprint density at radius 2 is 1.76 bits per heavy atom. The van der Waals surface area contributed by atoms with Crippen LogP contribution in [0, 0.1) is 18.7 Å². The molecule has 12 heteroatoms. The number of ether oxygens (including phenoxy) is 3. The number of carbonyl (C=O) groups excluding carboxylic acids is 4. The highest BCUT2D eigenvalue weighted by Crippen LogP contribution is 2.34. The number of benzene rings is 3. The first-order chi connectivity index (χ1) is 23.4. The van der Waals surface area contributed by atoms with Crippen molar-refractivity contribution in [2.24, 2.45) is 5.92 Å². The van der Waals surface area contributed by atoms with E-state index in [9.17, 15) is 23.6 Å². The van der Waals surface area contributed by atoms with E-state index in [2.05, 4.69) is 16.0 Å². The Balaban J connectivity index is 1.52. The second-order valence-electron chi connectivity index (χ2n) is 12.4. The van der Waals surface area contributed by atoms with Crippen LogP contribution in [0.1, 0.15) is 56.5 Å². The van der Waals surface area contributed by atoms with E-state index in [1.54, 1.807) is 54.3 Å². The average molecular weight is 677 g/mol. The maximum absolute atomic E-state index is 14.9. The van der Waals surface area contributed by atoms with E-state index >= 15 is 0 Å². The Morgan fingerprint density at radius 1 is 1.02 bits per heavy atom. The smallest absolute Gasteiger partial charge is 0.255 e. The number of para-hydroxylation sites is 2. The Hall–Kier alpha value is -5.13. The molecule has 4 amide bonds. The van der Waals surface area contributed by atoms with Gasteiger partial charge in [-0.3, -0.25) is 19.2 Å². The highest BCUT2D eigenvalue weighted by Gasteiger charge is 2.31. The Labute approximate surface area is 286 Å². The van der Waals surface area contributed by atoms with Crippen molar-refractivity contribution in [2.45, 2.75) is 65.6 Å². The van der Waals surface area contributed by atoms with Gasteiger partial charge in [0.25, 0.3) is 5.91 Å². The number of aryl methyl sites for hydroxylation is 1. The first-order valence-corrected chi connectivity index (χ1v) is 16.5. The molecule has 0 fully saturated rings. The Morgan fingerprint density at radius 3 is 2.47 bits per heavy atom. The molecule has 3 N–H and O–H groups in total. The molecule has 4 rings (SSSR count). The van der Waals surface area contributed by atoms with Crippen molar-refractivity contribution in [3.63, 3.8) is 0 Å². The molecule has 3 aromatic rings. The molecule has 1 heterocycles. The molecule has 0 bridgehead atoms. The second-order valence-corrected chi connectivity index (χ2v) is 12.4. The van der Waals surface area contributed by atoms with Crippen LogP contribution in [0.2, 0.25) is 0 Å². The zero-order valence-electron chi connectivity index (χ0n) is 28.6. The molecule has 0 saturated carbocycles. The lowest BCUT2D eigenvalue weighted by Crippen LogP contribution is -2.54. The molecule has 0 saturated heterocycles. The third kappa shape index (κ3) is 10.4. The maximum atomic E-state index is 14.9. The lowest BCUT2D eigenvalue weighted by molar-refractivity contribution is -0.137. The minimum absolute atomic E-state index is 0.0897. The number of fused-ring (bicyclic) bond motifs is 1. The van der Waals surface area contributed by atoms with Gasteiger partial charge >= 0.3 is 0 Å². The molecule has 11 nitrogen and oxygen atoms in total. The predicted molar refractivity (Wildman–Crippen MR) is 182 cm³/mol. The third-order valence-electron chi connectivity index (χ3n) is 7.84. The van der Waals surface area contributed by atoms with Gasteiger partial charge in [0.05, 0.1) is 24.6 Å². The predicted octanol–water partition coefficient (Wildman–Crippen LogP) is 4.77. The number of hydrogen-bond donors (Lipinski definition) is 3. The first kappa shape index (κ1) is 36.7. The number of rotatable bonds is 10. The van der Waals surface area contributed by atoms with Crippen molar-refractivity contribution in [1.82, 2.24) is 20.9 Å². The van der Waals surface area contributed by atoms with Gasteiger partial charge in [-0.1, -0.05) is 49.7 Å². The van der Waals surface area contributed by atoms with Crippen molar-refractivity contribution in [1.29, 1.82) is 0 Å². The zero-order valence-corrected chi connectivity index (χ0v) is 28.6. The molecule has 1 aliphatic rings. The fourth-order valence-electron chi connectivity index (χ4n) is 5.30. The summed E-state index contributed by atoms with van der Waals surface area (Å²) in [7, 11) is 0. The number of carbonyl (C=O) groups is 4. The highest BCUT2D eigenvalue weighted by molar-refractivity contribution is 6.01. The fourth-order valence-corrected chi connectivity index (χ4v) is 5.30. The van der Waals surface area contributed by atoms with E-state index in [-0.39, 0.29) is 54.4 Å². The molecule has 3 atom stereocenters. The summed E-state index contributed by atoms with van der Waals surface area (Å²) in [6.07, 6.45) is -0.0575. The zero-order chi connectivity index (χ0) is 35.5. The standard InChI is InChI=1S/C37H45FN4O7/c1-6-42-18-19-47-31-12-8-7-10-27(31)35(44)41-29(21-33(43)40-30(37(42)46)20-23(2)3)36(45)39-25(5)22-48-34-28(38)11-9-13-32(34)49-26-16-14-24(4)15-17-26/h7-17,23,25,29-30H,6,18-22H2,1-5H3,(H,39,45)(H,40,43)(H,41,44)/t25-,29+,30-/m1/s1. The summed E-state index contributed by atoms with van der Waals surface area (Å²) < 4.78 is 32.4. The van der Waals surface area contributed by atoms with Crippen LogP contribution in [-0.4, -0.2) is 73.0 Å². The van der Waals surface area contributed by atoms with Gasteiger partial charge in [0.1, 0.15) is 36.8 Å². The molecule has 0 spiro atoms. The van der Waals surface area contributed by atoms with Crippen molar-refractivity contribution >= 4 is 23.6 Å². The third-order valence-corrected chi connectivity index (χ3v) is 7.84. The summed E-state index contributed by atoms with van der Waals surface area (Å²) >= 11 is 0. The molecular weight excluding hydrogens is 631 g/mol. The van der Waals surface area contributed by atoms with E-state index in [1.807, 2.05) is 39.8 Å². The van der Waals surface area contributed by atoms with Crippen LogP contribution in [0.15, 0.2) is 66.7 Å². The molecule has 49 heavy (non-hydrogen) atoms. The summed E-state index contributed by atoms with van der Waals surface area (Å²) in [5.41, 5.74) is 1.21. The molecule has 3 aromatic carbocycles. The van der Waals surface area contributed by atoms with Crippen molar-refractivity contribution in [3.8, 4) is 23.0 Å². The largest absolute Gasteiger partial charge is 0.491 e. The van der Waals surface area contributed by atoms with Crippen molar-refractivity contribution in [2.75, 3.05) is 26.3 Å². The van der Waals surface area contributed by atoms with E-state index < -0.39 is 48.1 Å². The van der Waals surface area contributed by atoms with Crippen molar-refractivity contribution < 1.29 is 37.8 Å². The Kier molecular flexibility index (Phi) is 13.0. The molecule has 0 aliphatic carbocycles. The van der Waals surface area contributed by atoms with Gasteiger partial charge in [0.15, 0.2) is 17.3 Å². The van der Waals surface area contributed by atoms with E-state index in [0.717, 1.165) is 5.56 Å². The molecule has 1 aliphatic heterocycles. The molecule has 0 unspecified atom stereocenters. The molecular formula is C37H45FN4O7. The van der Waals surface area contributed by atoms with E-state index in [0.29, 0.717) is 18.7 Å². The van der Waals surface area contributed by atoms with Crippen LogP contribution in [0.25, 0.3) is 0 Å². The number of likely N-dealkylation sites (N-methyl/N-ethyl adjacent to an activating group) is 1. The minimum Gasteiger partial charge on any atom is -0.491 e. The summed E-state index contributed by atoms with van der Waals surface area (Å²) in [6.45, 7) is 9.93. The Bertz CT molecular complexity index is 1610. The fraction of sp³-hybridized carbons (Fsp3) is 0.405. The molecule has 262 valence electrons. The normalized spacial score (nSPS) is 17.9. The van der Waals surface area contributed by atoms with Crippen LogP contribution < -0.4 is 30.2 Å². The van der Waals surface area contributed by atoms with Crippen LogP contribution in [-0.2, 0) is 14.4 Å². The lowest BCUT2D eigenvalue weighted by atomic mass is 10.0. The van der Waals surface area contributed by atoms with Gasteiger partial charge in [-0.05, 0) is 69.5 Å². The van der Waals surface area contributed by atoms with Gasteiger partial charge in [-0.2, -0.15) is 0 Å². The highest BCUT2D eigenvalue weighted by atomic mass is 19.1. The maximum Gasteiger partial charge on any atom is 0.255 e. The summed E-state index contributed by atoms with van der Waals surface area (Å²) in [5, 5.41) is 8.21. The number of nitrogens with zero attached hydrogens (tertiary/aromatic N) is 1. The quantitative estimate of drug-likeness (QED) is 0.282. The van der Waals surface area contributed by atoms with E-state index in [4.69, 9.17) is 14.2 Å². The van der Waals surface area contributed by atoms with Gasteiger partial charge in [-0.25, -0.2) is 4.39 Å². The topological polar surface area (TPSA) is 135 Å². The van der Waals surface area contributed by atoms with Gasteiger partial charge in [0.2, 0.25) is 17.7 Å². The van der Waals surface area contributed by atoms with Crippen LogP contribution in [0.3, 0.4) is 0 Å². The van der Waals surface area contributed by atoms with Crippen molar-refractivity contribution in [3.05, 3.63) is 83.7 Å². The number of nitrogens with one attached hydrogen (secondary N) is 3. The number of halogens is 1. The summed E-state index contributed by atoms with van der Waals surface area (Å²) in [4.78, 5) is 55.6. The van der Waals surface area contributed by atoms with Crippen LogP contribution in [0.5, 0.6) is 23.0 Å². The van der Waals surface area contributed by atoms with Crippen LogP contribution >= 0.6 is 0 Å². The van der Waals surface area contributed by atoms with Gasteiger partial charge < -0.3 is 35.1 Å². The average Bonchev–Trinajstić information content (AvgIpc) is 3.06. The lowest BCUT2D eigenvalue weighted by Gasteiger charge is -2.29.